The molecule has 0 spiro atoms. The summed E-state index contributed by atoms with van der Waals surface area (Å²) in [6.07, 6.45) is 0.924. The minimum Gasteiger partial charge on any atom is -0.236 e. The molecule has 0 radical (unpaired) electrons. The molecule has 112 valence electrons. The molecular formula is C15H15BrClIN2S. The summed E-state index contributed by atoms with van der Waals surface area (Å²) in [5.41, 5.74) is 1.05. The lowest BCUT2D eigenvalue weighted by Gasteiger charge is -2.10. The van der Waals surface area contributed by atoms with Gasteiger partial charge in [0.05, 0.1) is 15.0 Å². The van der Waals surface area contributed by atoms with E-state index in [4.69, 9.17) is 11.6 Å². The van der Waals surface area contributed by atoms with E-state index < -0.39 is 0 Å². The van der Waals surface area contributed by atoms with Gasteiger partial charge in [-0.25, -0.2) is 9.97 Å². The largest absolute Gasteiger partial charge is 0.236 e. The highest BCUT2D eigenvalue weighted by atomic mass is 127. The third-order valence-corrected chi connectivity index (χ3v) is 6.47. The van der Waals surface area contributed by atoms with Crippen LogP contribution >= 0.6 is 61.9 Å². The molecule has 2 nitrogen and oxygen atoms in total. The number of hydrogen-bond acceptors (Lipinski definition) is 3. The molecule has 1 aromatic carbocycles. The fraction of sp³-hybridized carbons (Fsp3) is 0.333. The monoisotopic (exact) mass is 496 g/mol. The molecule has 2 aromatic rings. The number of aromatic nitrogens is 2. The van der Waals surface area contributed by atoms with Gasteiger partial charge >= 0.3 is 0 Å². The molecule has 0 aliphatic rings. The highest BCUT2D eigenvalue weighted by molar-refractivity contribution is 14.1. The average molecular weight is 498 g/mol. The topological polar surface area (TPSA) is 25.8 Å². The molecule has 0 bridgehead atoms. The first-order valence-electron chi connectivity index (χ1n) is 6.55. The summed E-state index contributed by atoms with van der Waals surface area (Å²) in [5.74, 6) is 2.05. The Morgan fingerprint density at radius 1 is 1.29 bits per heavy atom. The zero-order valence-corrected chi connectivity index (χ0v) is 17.1. The van der Waals surface area contributed by atoms with Gasteiger partial charge in [0.2, 0.25) is 0 Å². The van der Waals surface area contributed by atoms with Crippen LogP contribution in [0.25, 0.3) is 0 Å². The van der Waals surface area contributed by atoms with Crippen LogP contribution in [0.2, 0.25) is 5.15 Å². The van der Waals surface area contributed by atoms with Crippen LogP contribution in [-0.2, 0) is 12.2 Å². The molecular weight excluding hydrogens is 483 g/mol. The van der Waals surface area contributed by atoms with E-state index in [1.807, 2.05) is 18.2 Å². The summed E-state index contributed by atoms with van der Waals surface area (Å²) < 4.78 is 2.06. The quantitative estimate of drug-likeness (QED) is 0.288. The third kappa shape index (κ3) is 5.08. The highest BCUT2D eigenvalue weighted by Crippen LogP contribution is 2.30. The van der Waals surface area contributed by atoms with Gasteiger partial charge in [-0.1, -0.05) is 37.6 Å². The summed E-state index contributed by atoms with van der Waals surface area (Å²) >= 11 is 13.7. The van der Waals surface area contributed by atoms with Crippen molar-refractivity contribution < 1.29 is 0 Å². The molecule has 0 amide bonds. The van der Waals surface area contributed by atoms with Gasteiger partial charge in [0.1, 0.15) is 11.0 Å². The second kappa shape index (κ2) is 8.13. The van der Waals surface area contributed by atoms with E-state index in [-0.39, 0.29) is 0 Å². The molecule has 0 saturated heterocycles. The first kappa shape index (κ1) is 17.5. The first-order valence-corrected chi connectivity index (χ1v) is 9.79. The lowest BCUT2D eigenvalue weighted by atomic mass is 10.1. The van der Waals surface area contributed by atoms with Gasteiger partial charge in [0.25, 0.3) is 0 Å². The Bertz CT molecular complexity index is 637. The Hall–Kier alpha value is 0.150. The number of thioether (sulfide) groups is 1. The third-order valence-electron chi connectivity index (χ3n) is 2.72. The lowest BCUT2D eigenvalue weighted by Crippen LogP contribution is -2.06. The van der Waals surface area contributed by atoms with Gasteiger partial charge in [-0.15, -0.1) is 11.8 Å². The van der Waals surface area contributed by atoms with Crippen molar-refractivity contribution in [2.75, 3.05) is 0 Å². The van der Waals surface area contributed by atoms with Gasteiger partial charge in [-0.3, -0.25) is 0 Å². The van der Waals surface area contributed by atoms with E-state index in [1.165, 1.54) is 4.90 Å². The molecule has 0 fully saturated rings. The fourth-order valence-corrected chi connectivity index (χ4v) is 3.89. The van der Waals surface area contributed by atoms with Crippen LogP contribution in [-0.4, -0.2) is 9.97 Å². The van der Waals surface area contributed by atoms with Crippen LogP contribution in [0.4, 0.5) is 0 Å². The minimum absolute atomic E-state index is 0.549. The van der Waals surface area contributed by atoms with Crippen LogP contribution in [0, 0.1) is 9.49 Å². The summed E-state index contributed by atoms with van der Waals surface area (Å²) in [6, 6.07) is 8.15. The fourth-order valence-electron chi connectivity index (χ4n) is 1.80. The molecule has 6 heteroatoms. The van der Waals surface area contributed by atoms with Gasteiger partial charge in [-0.05, 0) is 63.0 Å². The van der Waals surface area contributed by atoms with E-state index in [0.29, 0.717) is 16.8 Å². The highest BCUT2D eigenvalue weighted by Gasteiger charge is 2.12. The number of nitrogens with zero attached hydrogens (tertiary/aromatic N) is 2. The standard InChI is InChI=1S/C15H15BrClIN2S/c1-9(2)7-11-14(18)15(17)20-13(19-11)8-21-12-6-4-3-5-10(12)16/h3-6,9H,7-8H2,1-2H3. The molecule has 0 unspecified atom stereocenters. The van der Waals surface area contributed by atoms with Crippen molar-refractivity contribution >= 4 is 61.9 Å². The Labute approximate surface area is 156 Å². The van der Waals surface area contributed by atoms with Crippen molar-refractivity contribution in [3.63, 3.8) is 0 Å². The Kier molecular flexibility index (Phi) is 6.78. The molecule has 0 N–H and O–H groups in total. The van der Waals surface area contributed by atoms with Crippen molar-refractivity contribution in [2.24, 2.45) is 5.92 Å². The summed E-state index contributed by atoms with van der Waals surface area (Å²) in [6.45, 7) is 4.36. The molecule has 21 heavy (non-hydrogen) atoms. The van der Waals surface area contributed by atoms with Gasteiger partial charge in [0.15, 0.2) is 0 Å². The summed E-state index contributed by atoms with van der Waals surface area (Å²) in [5, 5.41) is 0.559. The van der Waals surface area contributed by atoms with Crippen molar-refractivity contribution in [1.82, 2.24) is 9.97 Å². The van der Waals surface area contributed by atoms with Crippen LogP contribution < -0.4 is 0 Å². The Balaban J connectivity index is 2.17. The van der Waals surface area contributed by atoms with Gasteiger partial charge in [0, 0.05) is 9.37 Å². The Morgan fingerprint density at radius 2 is 2.00 bits per heavy atom. The SMILES string of the molecule is CC(C)Cc1nc(CSc2ccccc2Br)nc(Cl)c1I. The second-order valence-electron chi connectivity index (χ2n) is 5.01. The van der Waals surface area contributed by atoms with Crippen LogP contribution in [0.5, 0.6) is 0 Å². The maximum Gasteiger partial charge on any atom is 0.146 e. The predicted octanol–water partition coefficient (Wildman–Crippen LogP) is 5.99. The zero-order valence-electron chi connectivity index (χ0n) is 11.7. The number of hydrogen-bond donors (Lipinski definition) is 0. The summed E-state index contributed by atoms with van der Waals surface area (Å²) in [4.78, 5) is 10.3. The van der Waals surface area contributed by atoms with Gasteiger partial charge in [-0.2, -0.15) is 0 Å². The van der Waals surface area contributed by atoms with Crippen LogP contribution in [0.15, 0.2) is 33.6 Å². The predicted molar refractivity (Wildman–Crippen MR) is 102 cm³/mol. The Morgan fingerprint density at radius 3 is 2.67 bits per heavy atom. The number of rotatable bonds is 5. The van der Waals surface area contributed by atoms with E-state index >= 15 is 0 Å². The number of benzene rings is 1. The van der Waals surface area contributed by atoms with Crippen molar-refractivity contribution in [3.05, 3.63) is 49.0 Å². The molecule has 2 rings (SSSR count). The normalized spacial score (nSPS) is 11.1. The van der Waals surface area contributed by atoms with Crippen molar-refractivity contribution in [2.45, 2.75) is 30.9 Å². The minimum atomic E-state index is 0.549. The van der Waals surface area contributed by atoms with E-state index in [2.05, 4.69) is 68.4 Å². The molecule has 1 heterocycles. The number of halogens is 3. The van der Waals surface area contributed by atoms with Crippen LogP contribution in [0.1, 0.15) is 25.4 Å². The molecule has 0 aliphatic heterocycles. The smallest absolute Gasteiger partial charge is 0.146 e. The lowest BCUT2D eigenvalue weighted by molar-refractivity contribution is 0.629. The molecule has 0 saturated carbocycles. The van der Waals surface area contributed by atoms with Crippen molar-refractivity contribution in [3.8, 4) is 0 Å². The zero-order chi connectivity index (χ0) is 15.4. The van der Waals surface area contributed by atoms with Gasteiger partial charge < -0.3 is 0 Å². The maximum atomic E-state index is 6.24. The van der Waals surface area contributed by atoms with E-state index in [9.17, 15) is 0 Å². The first-order chi connectivity index (χ1) is 9.97. The van der Waals surface area contributed by atoms with E-state index in [0.717, 1.165) is 26.0 Å². The van der Waals surface area contributed by atoms with Crippen molar-refractivity contribution in [1.29, 1.82) is 0 Å². The second-order valence-corrected chi connectivity index (χ2v) is 8.32. The maximum absolute atomic E-state index is 6.24. The molecule has 0 atom stereocenters. The van der Waals surface area contributed by atoms with Crippen LogP contribution in [0.3, 0.4) is 0 Å². The van der Waals surface area contributed by atoms with E-state index in [1.54, 1.807) is 11.8 Å². The average Bonchev–Trinajstić information content (AvgIpc) is 2.42. The molecule has 0 aliphatic carbocycles. The molecule has 1 aromatic heterocycles. The summed E-state index contributed by atoms with van der Waals surface area (Å²) in [7, 11) is 0.